The van der Waals surface area contributed by atoms with Gasteiger partial charge in [0.25, 0.3) is 0 Å². The predicted molar refractivity (Wildman–Crippen MR) is 103 cm³/mol. The van der Waals surface area contributed by atoms with E-state index in [1.807, 2.05) is 29.2 Å². The van der Waals surface area contributed by atoms with E-state index in [0.29, 0.717) is 13.0 Å². The number of para-hydroxylation sites is 2. The molecule has 1 heterocycles. The van der Waals surface area contributed by atoms with Gasteiger partial charge < -0.3 is 20.7 Å². The summed E-state index contributed by atoms with van der Waals surface area (Å²) in [5.74, 6) is -0.277. The van der Waals surface area contributed by atoms with Crippen molar-refractivity contribution in [3.8, 4) is 5.75 Å². The summed E-state index contributed by atoms with van der Waals surface area (Å²) in [6, 6.07) is 13.2. The number of nitrogens with two attached hydrogens (primary N) is 1. The van der Waals surface area contributed by atoms with Crippen molar-refractivity contribution in [2.75, 3.05) is 11.9 Å². The Morgan fingerprint density at radius 1 is 1.17 bits per heavy atom. The highest BCUT2D eigenvalue weighted by atomic mass is 19.4. The average Bonchev–Trinajstić information content (AvgIpc) is 3.05. The third-order valence-electron chi connectivity index (χ3n) is 4.34. The molecule has 9 heteroatoms. The first-order valence-corrected chi connectivity index (χ1v) is 9.07. The molecular weight excluding hydrogens is 385 g/mol. The fourth-order valence-corrected chi connectivity index (χ4v) is 3.06. The van der Waals surface area contributed by atoms with E-state index in [1.165, 1.54) is 18.2 Å². The van der Waals surface area contributed by atoms with Crippen LogP contribution in [-0.4, -0.2) is 29.7 Å². The lowest BCUT2D eigenvalue weighted by Crippen LogP contribution is -2.24. The number of rotatable bonds is 6. The Balaban J connectivity index is 1.63. The zero-order chi connectivity index (χ0) is 20.9. The number of nitrogens with one attached hydrogen (secondary N) is 1. The molecule has 1 amide bonds. The van der Waals surface area contributed by atoms with Crippen LogP contribution in [0.4, 0.5) is 18.9 Å². The predicted octanol–water partition coefficient (Wildman–Crippen LogP) is 3.63. The number of carbonyl (C=O) groups excluding carboxylic acids is 1. The van der Waals surface area contributed by atoms with Crippen LogP contribution in [-0.2, 0) is 17.9 Å². The summed E-state index contributed by atoms with van der Waals surface area (Å²) in [5, 5.41) is 2.63. The van der Waals surface area contributed by atoms with Crippen molar-refractivity contribution in [3.05, 3.63) is 59.7 Å². The summed E-state index contributed by atoms with van der Waals surface area (Å²) in [6.07, 6.45) is -3.34. The van der Waals surface area contributed by atoms with Crippen LogP contribution in [0.2, 0.25) is 0 Å². The largest absolute Gasteiger partial charge is 0.573 e. The second kappa shape index (κ2) is 8.85. The maximum Gasteiger partial charge on any atom is 0.573 e. The molecule has 2 aromatic carbocycles. The standard InChI is InChI=1S/C20H21F3N4O2/c21-20(22,23)29-17-8-2-1-7-16(17)26-19(24)25-12-14-5-3-6-15(11-14)13-27-10-4-9-18(27)28/h1-3,5-8,11H,4,9-10,12-13H2,(H3,24,25,26). The number of anilines is 1. The van der Waals surface area contributed by atoms with Gasteiger partial charge in [-0.2, -0.15) is 0 Å². The van der Waals surface area contributed by atoms with Gasteiger partial charge in [0, 0.05) is 19.5 Å². The van der Waals surface area contributed by atoms with Crippen LogP contribution in [0.25, 0.3) is 0 Å². The van der Waals surface area contributed by atoms with Gasteiger partial charge in [0.05, 0.1) is 12.2 Å². The topological polar surface area (TPSA) is 80.0 Å². The van der Waals surface area contributed by atoms with Crippen LogP contribution in [0.3, 0.4) is 0 Å². The molecule has 0 bridgehead atoms. The number of benzene rings is 2. The second-order valence-electron chi connectivity index (χ2n) is 6.61. The van der Waals surface area contributed by atoms with Crippen molar-refractivity contribution in [1.82, 2.24) is 4.90 Å². The first-order valence-electron chi connectivity index (χ1n) is 9.07. The minimum Gasteiger partial charge on any atom is -0.404 e. The molecule has 1 saturated heterocycles. The van der Waals surface area contributed by atoms with Crippen molar-refractivity contribution < 1.29 is 22.7 Å². The lowest BCUT2D eigenvalue weighted by atomic mass is 10.1. The molecule has 0 saturated carbocycles. The Labute approximate surface area is 166 Å². The van der Waals surface area contributed by atoms with E-state index in [9.17, 15) is 18.0 Å². The molecule has 29 heavy (non-hydrogen) atoms. The van der Waals surface area contributed by atoms with Gasteiger partial charge in [-0.15, -0.1) is 13.2 Å². The fourth-order valence-electron chi connectivity index (χ4n) is 3.06. The highest BCUT2D eigenvalue weighted by molar-refractivity contribution is 5.93. The summed E-state index contributed by atoms with van der Waals surface area (Å²) in [6.45, 7) is 1.55. The Bertz CT molecular complexity index is 899. The molecule has 0 radical (unpaired) electrons. The minimum absolute atomic E-state index is 0.0386. The van der Waals surface area contributed by atoms with Crippen LogP contribution in [0.1, 0.15) is 24.0 Å². The second-order valence-corrected chi connectivity index (χ2v) is 6.61. The Hall–Kier alpha value is -3.23. The number of halogens is 3. The zero-order valence-electron chi connectivity index (χ0n) is 15.6. The highest BCUT2D eigenvalue weighted by Crippen LogP contribution is 2.29. The summed E-state index contributed by atoms with van der Waals surface area (Å²) >= 11 is 0. The summed E-state index contributed by atoms with van der Waals surface area (Å²) in [5.41, 5.74) is 7.75. The van der Waals surface area contributed by atoms with Gasteiger partial charge in [-0.05, 0) is 29.7 Å². The number of hydrogen-bond donors (Lipinski definition) is 2. The lowest BCUT2D eigenvalue weighted by Gasteiger charge is -2.16. The van der Waals surface area contributed by atoms with Gasteiger partial charge in [0.1, 0.15) is 0 Å². The van der Waals surface area contributed by atoms with Crippen LogP contribution >= 0.6 is 0 Å². The average molecular weight is 406 g/mol. The summed E-state index contributed by atoms with van der Waals surface area (Å²) in [4.78, 5) is 17.8. The van der Waals surface area contributed by atoms with E-state index in [0.717, 1.165) is 24.1 Å². The first-order chi connectivity index (χ1) is 13.8. The zero-order valence-corrected chi connectivity index (χ0v) is 15.6. The Morgan fingerprint density at radius 2 is 1.93 bits per heavy atom. The number of guanidine groups is 1. The molecule has 6 nitrogen and oxygen atoms in total. The van der Waals surface area contributed by atoms with Gasteiger partial charge >= 0.3 is 6.36 Å². The van der Waals surface area contributed by atoms with Crippen LogP contribution in [0, 0.1) is 0 Å². The molecule has 0 atom stereocenters. The number of likely N-dealkylation sites (tertiary alicyclic amines) is 1. The maximum atomic E-state index is 12.5. The van der Waals surface area contributed by atoms with Gasteiger partial charge in [-0.3, -0.25) is 4.79 Å². The molecule has 154 valence electrons. The smallest absolute Gasteiger partial charge is 0.404 e. The first kappa shape index (κ1) is 20.5. The molecule has 1 fully saturated rings. The number of alkyl halides is 3. The van der Waals surface area contributed by atoms with E-state index in [-0.39, 0.29) is 24.1 Å². The quantitative estimate of drug-likeness (QED) is 0.567. The van der Waals surface area contributed by atoms with E-state index in [1.54, 1.807) is 6.07 Å². The van der Waals surface area contributed by atoms with E-state index >= 15 is 0 Å². The van der Waals surface area contributed by atoms with Crippen molar-refractivity contribution in [2.45, 2.75) is 32.3 Å². The van der Waals surface area contributed by atoms with Gasteiger partial charge in [0.2, 0.25) is 5.91 Å². The number of carbonyl (C=O) groups is 1. The van der Waals surface area contributed by atoms with Crippen molar-refractivity contribution in [2.24, 2.45) is 10.7 Å². The van der Waals surface area contributed by atoms with Crippen molar-refractivity contribution in [3.63, 3.8) is 0 Å². The normalized spacial score (nSPS) is 14.9. The minimum atomic E-state index is -4.80. The van der Waals surface area contributed by atoms with E-state index in [2.05, 4.69) is 15.0 Å². The fraction of sp³-hybridized carbons (Fsp3) is 0.300. The van der Waals surface area contributed by atoms with E-state index in [4.69, 9.17) is 5.73 Å². The molecule has 0 aromatic heterocycles. The third kappa shape index (κ3) is 6.13. The van der Waals surface area contributed by atoms with Crippen LogP contribution in [0.15, 0.2) is 53.5 Å². The molecule has 0 unspecified atom stereocenters. The molecule has 0 aliphatic carbocycles. The molecule has 3 rings (SSSR count). The van der Waals surface area contributed by atoms with E-state index < -0.39 is 12.1 Å². The summed E-state index contributed by atoms with van der Waals surface area (Å²) < 4.78 is 41.5. The van der Waals surface area contributed by atoms with Gasteiger partial charge in [-0.1, -0.05) is 36.4 Å². The summed E-state index contributed by atoms with van der Waals surface area (Å²) in [7, 11) is 0. The Kier molecular flexibility index (Phi) is 6.26. The molecule has 3 N–H and O–H groups in total. The van der Waals surface area contributed by atoms with Crippen LogP contribution in [0.5, 0.6) is 5.75 Å². The monoisotopic (exact) mass is 406 g/mol. The van der Waals surface area contributed by atoms with Crippen LogP contribution < -0.4 is 15.8 Å². The number of hydrogen-bond acceptors (Lipinski definition) is 3. The number of aliphatic imine (C=N–C) groups is 1. The maximum absolute atomic E-state index is 12.5. The van der Waals surface area contributed by atoms with Gasteiger partial charge in [-0.25, -0.2) is 4.99 Å². The molecule has 2 aromatic rings. The van der Waals surface area contributed by atoms with Crippen molar-refractivity contribution in [1.29, 1.82) is 0 Å². The number of amides is 1. The number of nitrogens with zero attached hydrogens (tertiary/aromatic N) is 2. The molecule has 0 spiro atoms. The van der Waals surface area contributed by atoms with Crippen molar-refractivity contribution >= 4 is 17.6 Å². The molecule has 1 aliphatic heterocycles. The lowest BCUT2D eigenvalue weighted by molar-refractivity contribution is -0.274. The number of ether oxygens (including phenoxy) is 1. The SMILES string of the molecule is NC(=NCc1cccc(CN2CCCC2=O)c1)Nc1ccccc1OC(F)(F)F. The molecule has 1 aliphatic rings. The molecular formula is C20H21F3N4O2. The Morgan fingerprint density at radius 3 is 2.66 bits per heavy atom. The highest BCUT2D eigenvalue weighted by Gasteiger charge is 2.32. The third-order valence-corrected chi connectivity index (χ3v) is 4.34. The van der Waals surface area contributed by atoms with Gasteiger partial charge in [0.15, 0.2) is 11.7 Å².